The Morgan fingerprint density at radius 2 is 2.33 bits per heavy atom. The molecule has 1 aliphatic rings. The summed E-state index contributed by atoms with van der Waals surface area (Å²) in [7, 11) is 0. The molecule has 1 fully saturated rings. The summed E-state index contributed by atoms with van der Waals surface area (Å²) in [6, 6.07) is 2.39. The van der Waals surface area contributed by atoms with Crippen LogP contribution in [0.5, 0.6) is 0 Å². The minimum atomic E-state index is -0.576. The summed E-state index contributed by atoms with van der Waals surface area (Å²) in [5, 5.41) is 12.2. The highest BCUT2D eigenvalue weighted by molar-refractivity contribution is 5.88. The van der Waals surface area contributed by atoms with E-state index in [1.54, 1.807) is 24.0 Å². The van der Waals surface area contributed by atoms with Crippen molar-refractivity contribution in [1.82, 2.24) is 10.2 Å². The number of aliphatic hydroxyl groups is 1. The molecule has 2 rings (SSSR count). The Hall–Kier alpha value is -1.82. The SMILES string of the molecule is CCC(=O)N1CCCCC1C(=O)NC(CO)c1ccco1. The van der Waals surface area contributed by atoms with Gasteiger partial charge in [-0.2, -0.15) is 0 Å². The number of rotatable bonds is 5. The minimum absolute atomic E-state index is 0.00611. The molecule has 2 heterocycles. The highest BCUT2D eigenvalue weighted by Crippen LogP contribution is 2.20. The quantitative estimate of drug-likeness (QED) is 0.855. The molecule has 2 amide bonds. The average molecular weight is 294 g/mol. The third kappa shape index (κ3) is 3.64. The summed E-state index contributed by atoms with van der Waals surface area (Å²) in [5.74, 6) is 0.273. The van der Waals surface area contributed by atoms with Crippen molar-refractivity contribution in [2.75, 3.05) is 13.2 Å². The summed E-state index contributed by atoms with van der Waals surface area (Å²) in [4.78, 5) is 26.0. The van der Waals surface area contributed by atoms with E-state index in [0.29, 0.717) is 25.1 Å². The largest absolute Gasteiger partial charge is 0.467 e. The molecular weight excluding hydrogens is 272 g/mol. The lowest BCUT2D eigenvalue weighted by Crippen LogP contribution is -2.52. The standard InChI is InChI=1S/C15H22N2O4/c1-2-14(19)17-8-4-3-6-12(17)15(20)16-11(10-18)13-7-5-9-21-13/h5,7,9,11-12,18H,2-4,6,8,10H2,1H3,(H,16,20). The fraction of sp³-hybridized carbons (Fsp3) is 0.600. The summed E-state index contributed by atoms with van der Waals surface area (Å²) in [6.07, 6.45) is 4.41. The van der Waals surface area contributed by atoms with E-state index in [2.05, 4.69) is 5.32 Å². The minimum Gasteiger partial charge on any atom is -0.467 e. The molecule has 0 aliphatic carbocycles. The van der Waals surface area contributed by atoms with Crippen LogP contribution < -0.4 is 5.32 Å². The highest BCUT2D eigenvalue weighted by atomic mass is 16.3. The number of likely N-dealkylation sites (tertiary alicyclic amines) is 1. The predicted molar refractivity (Wildman–Crippen MR) is 76.3 cm³/mol. The van der Waals surface area contributed by atoms with Crippen LogP contribution in [-0.2, 0) is 9.59 Å². The second-order valence-corrected chi connectivity index (χ2v) is 5.21. The van der Waals surface area contributed by atoms with Crippen molar-refractivity contribution in [1.29, 1.82) is 0 Å². The van der Waals surface area contributed by atoms with Crippen molar-refractivity contribution in [2.24, 2.45) is 0 Å². The molecule has 1 aromatic rings. The maximum absolute atomic E-state index is 12.4. The summed E-state index contributed by atoms with van der Waals surface area (Å²) >= 11 is 0. The van der Waals surface area contributed by atoms with Gasteiger partial charge in [0.2, 0.25) is 11.8 Å². The van der Waals surface area contributed by atoms with E-state index in [1.807, 2.05) is 0 Å². The summed E-state index contributed by atoms with van der Waals surface area (Å²) in [5.41, 5.74) is 0. The van der Waals surface area contributed by atoms with Crippen LogP contribution in [0.2, 0.25) is 0 Å². The Balaban J connectivity index is 2.04. The fourth-order valence-electron chi connectivity index (χ4n) is 2.67. The molecule has 2 unspecified atom stereocenters. The zero-order chi connectivity index (χ0) is 15.2. The van der Waals surface area contributed by atoms with E-state index in [1.165, 1.54) is 6.26 Å². The van der Waals surface area contributed by atoms with Crippen molar-refractivity contribution in [3.8, 4) is 0 Å². The number of amides is 2. The molecule has 6 heteroatoms. The number of aliphatic hydroxyl groups excluding tert-OH is 1. The van der Waals surface area contributed by atoms with Gasteiger partial charge in [0, 0.05) is 13.0 Å². The molecule has 1 aromatic heterocycles. The second kappa shape index (κ2) is 7.26. The summed E-state index contributed by atoms with van der Waals surface area (Å²) in [6.45, 7) is 2.17. The molecule has 2 atom stereocenters. The third-order valence-electron chi connectivity index (χ3n) is 3.81. The van der Waals surface area contributed by atoms with Gasteiger partial charge in [0.25, 0.3) is 0 Å². The molecule has 0 spiro atoms. The first-order valence-corrected chi connectivity index (χ1v) is 7.41. The Labute approximate surface area is 124 Å². The van der Waals surface area contributed by atoms with E-state index >= 15 is 0 Å². The van der Waals surface area contributed by atoms with Crippen molar-refractivity contribution < 1.29 is 19.1 Å². The lowest BCUT2D eigenvalue weighted by atomic mass is 10.0. The second-order valence-electron chi connectivity index (χ2n) is 5.21. The Kier molecular flexibility index (Phi) is 5.38. The van der Waals surface area contributed by atoms with E-state index in [9.17, 15) is 14.7 Å². The van der Waals surface area contributed by atoms with Crippen LogP contribution in [0.25, 0.3) is 0 Å². The zero-order valence-electron chi connectivity index (χ0n) is 12.2. The zero-order valence-corrected chi connectivity index (χ0v) is 12.2. The molecular formula is C15H22N2O4. The third-order valence-corrected chi connectivity index (χ3v) is 3.81. The van der Waals surface area contributed by atoms with Gasteiger partial charge in [0.05, 0.1) is 12.9 Å². The van der Waals surface area contributed by atoms with Crippen molar-refractivity contribution in [3.63, 3.8) is 0 Å². The maximum Gasteiger partial charge on any atom is 0.243 e. The van der Waals surface area contributed by atoms with Gasteiger partial charge in [0.1, 0.15) is 17.8 Å². The fourth-order valence-corrected chi connectivity index (χ4v) is 2.67. The van der Waals surface area contributed by atoms with E-state index in [-0.39, 0.29) is 18.4 Å². The first-order chi connectivity index (χ1) is 10.2. The van der Waals surface area contributed by atoms with E-state index < -0.39 is 12.1 Å². The molecule has 2 N–H and O–H groups in total. The lowest BCUT2D eigenvalue weighted by molar-refractivity contribution is -0.142. The molecule has 0 bridgehead atoms. The number of carbonyl (C=O) groups excluding carboxylic acids is 2. The Morgan fingerprint density at radius 3 is 2.95 bits per heavy atom. The lowest BCUT2D eigenvalue weighted by Gasteiger charge is -2.35. The van der Waals surface area contributed by atoms with Gasteiger partial charge >= 0.3 is 0 Å². The molecule has 116 valence electrons. The van der Waals surface area contributed by atoms with Crippen LogP contribution in [0.1, 0.15) is 44.4 Å². The molecule has 0 saturated carbocycles. The number of nitrogens with one attached hydrogen (secondary N) is 1. The Morgan fingerprint density at radius 1 is 1.52 bits per heavy atom. The van der Waals surface area contributed by atoms with Crippen LogP contribution in [0, 0.1) is 0 Å². The van der Waals surface area contributed by atoms with Crippen molar-refractivity contribution >= 4 is 11.8 Å². The number of carbonyl (C=O) groups is 2. The molecule has 1 aliphatic heterocycles. The summed E-state index contributed by atoms with van der Waals surface area (Å²) < 4.78 is 5.21. The number of hydrogen-bond donors (Lipinski definition) is 2. The number of piperidine rings is 1. The maximum atomic E-state index is 12.4. The van der Waals surface area contributed by atoms with Crippen LogP contribution in [0.4, 0.5) is 0 Å². The van der Waals surface area contributed by atoms with Gasteiger partial charge in [-0.05, 0) is 31.4 Å². The number of furan rings is 1. The van der Waals surface area contributed by atoms with Crippen molar-refractivity contribution in [3.05, 3.63) is 24.2 Å². The monoisotopic (exact) mass is 294 g/mol. The Bertz CT molecular complexity index is 472. The van der Waals surface area contributed by atoms with Gasteiger partial charge in [-0.25, -0.2) is 0 Å². The van der Waals surface area contributed by atoms with Gasteiger partial charge < -0.3 is 19.7 Å². The first-order valence-electron chi connectivity index (χ1n) is 7.41. The molecule has 0 aromatic carbocycles. The van der Waals surface area contributed by atoms with Crippen LogP contribution in [-0.4, -0.2) is 41.0 Å². The van der Waals surface area contributed by atoms with E-state index in [4.69, 9.17) is 4.42 Å². The van der Waals surface area contributed by atoms with Crippen LogP contribution in [0.15, 0.2) is 22.8 Å². The average Bonchev–Trinajstić information content (AvgIpc) is 3.05. The van der Waals surface area contributed by atoms with Gasteiger partial charge in [0.15, 0.2) is 0 Å². The van der Waals surface area contributed by atoms with Crippen LogP contribution >= 0.6 is 0 Å². The molecule has 21 heavy (non-hydrogen) atoms. The predicted octanol–water partition coefficient (Wildman–Crippen LogP) is 1.22. The normalized spacial score (nSPS) is 20.1. The molecule has 1 saturated heterocycles. The van der Waals surface area contributed by atoms with E-state index in [0.717, 1.165) is 12.8 Å². The smallest absolute Gasteiger partial charge is 0.243 e. The topological polar surface area (TPSA) is 82.8 Å². The molecule has 0 radical (unpaired) electrons. The first kappa shape index (κ1) is 15.6. The van der Waals surface area contributed by atoms with Gasteiger partial charge in [-0.3, -0.25) is 9.59 Å². The van der Waals surface area contributed by atoms with Gasteiger partial charge in [-0.15, -0.1) is 0 Å². The number of hydrogen-bond acceptors (Lipinski definition) is 4. The number of nitrogens with zero attached hydrogens (tertiary/aromatic N) is 1. The van der Waals surface area contributed by atoms with Gasteiger partial charge in [-0.1, -0.05) is 6.92 Å². The highest BCUT2D eigenvalue weighted by Gasteiger charge is 2.32. The molecule has 6 nitrogen and oxygen atoms in total. The van der Waals surface area contributed by atoms with Crippen LogP contribution in [0.3, 0.4) is 0 Å². The van der Waals surface area contributed by atoms with Crippen molar-refractivity contribution in [2.45, 2.75) is 44.7 Å².